The fourth-order valence-corrected chi connectivity index (χ4v) is 3.16. The van der Waals surface area contributed by atoms with Gasteiger partial charge < -0.3 is 15.1 Å². The van der Waals surface area contributed by atoms with E-state index < -0.39 is 18.0 Å². The van der Waals surface area contributed by atoms with Crippen molar-refractivity contribution >= 4 is 23.8 Å². The van der Waals surface area contributed by atoms with Crippen molar-refractivity contribution in [3.8, 4) is 0 Å². The van der Waals surface area contributed by atoms with Crippen LogP contribution in [0.5, 0.6) is 0 Å². The van der Waals surface area contributed by atoms with Crippen LogP contribution in [-0.4, -0.2) is 65.9 Å². The van der Waals surface area contributed by atoms with E-state index in [1.807, 2.05) is 0 Å². The summed E-state index contributed by atoms with van der Waals surface area (Å²) in [7, 11) is 3.59. The molecule has 1 fully saturated rings. The molecule has 26 heavy (non-hydrogen) atoms. The van der Waals surface area contributed by atoms with Crippen molar-refractivity contribution in [2.75, 3.05) is 32.1 Å². The lowest BCUT2D eigenvalue weighted by Crippen LogP contribution is -2.50. The number of hydrogen-bond donors (Lipinski definition) is 3. The van der Waals surface area contributed by atoms with Crippen LogP contribution in [-0.2, 0) is 22.4 Å². The Balaban J connectivity index is 1.75. The van der Waals surface area contributed by atoms with Crippen LogP contribution in [0, 0.1) is 0 Å². The molecule has 10 nitrogen and oxygen atoms in total. The smallest absolute Gasteiger partial charge is 0.322 e. The van der Waals surface area contributed by atoms with Crippen molar-refractivity contribution in [1.82, 2.24) is 25.5 Å². The Hall–Kier alpha value is -2.91. The third kappa shape index (κ3) is 3.68. The van der Waals surface area contributed by atoms with E-state index >= 15 is 0 Å². The average molecular weight is 362 g/mol. The Labute approximate surface area is 150 Å². The standard InChI is InChI=1S/C16H22N6O4/c1-21(2)15-17-10-6-8-22(7-5-9(10)13(24)20-15)14(25)11-3-4-12(23)19-16(26)18-11/h11H,3-8H2,1-2H3,(H,17,20,24)(H2,18,19,23,26)/t11-/m1/s1. The molecule has 0 aromatic carbocycles. The highest BCUT2D eigenvalue weighted by Gasteiger charge is 2.31. The number of aromatic nitrogens is 2. The molecular weight excluding hydrogens is 340 g/mol. The number of urea groups is 1. The van der Waals surface area contributed by atoms with E-state index in [0.29, 0.717) is 43.1 Å². The summed E-state index contributed by atoms with van der Waals surface area (Å²) in [6, 6.07) is -1.40. The van der Waals surface area contributed by atoms with Crippen LogP contribution in [0.4, 0.5) is 10.7 Å². The lowest BCUT2D eigenvalue weighted by molar-refractivity contribution is -0.133. The van der Waals surface area contributed by atoms with E-state index in [1.54, 1.807) is 23.9 Å². The summed E-state index contributed by atoms with van der Waals surface area (Å²) in [6.07, 6.45) is 1.22. The van der Waals surface area contributed by atoms with E-state index in [0.717, 1.165) is 0 Å². The Bertz CT molecular complexity index is 802. The first-order valence-electron chi connectivity index (χ1n) is 8.53. The molecule has 2 aliphatic rings. The number of aromatic amines is 1. The van der Waals surface area contributed by atoms with Crippen LogP contribution in [0.2, 0.25) is 0 Å². The van der Waals surface area contributed by atoms with Gasteiger partial charge in [0.2, 0.25) is 17.8 Å². The van der Waals surface area contributed by atoms with E-state index in [9.17, 15) is 19.2 Å². The summed E-state index contributed by atoms with van der Waals surface area (Å²) in [4.78, 5) is 58.7. The maximum atomic E-state index is 12.8. The number of imide groups is 1. The fourth-order valence-electron chi connectivity index (χ4n) is 3.16. The molecule has 3 N–H and O–H groups in total. The zero-order chi connectivity index (χ0) is 18.8. The fraction of sp³-hybridized carbons (Fsp3) is 0.562. The van der Waals surface area contributed by atoms with Crippen molar-refractivity contribution in [2.45, 2.75) is 31.7 Å². The maximum Gasteiger partial charge on any atom is 0.322 e. The van der Waals surface area contributed by atoms with Gasteiger partial charge in [-0.2, -0.15) is 0 Å². The minimum absolute atomic E-state index is 0.108. The molecule has 1 aromatic rings. The molecule has 0 saturated carbocycles. The van der Waals surface area contributed by atoms with Crippen molar-refractivity contribution in [2.24, 2.45) is 0 Å². The Kier molecular flexibility index (Phi) is 4.92. The van der Waals surface area contributed by atoms with Gasteiger partial charge in [0, 0.05) is 45.6 Å². The van der Waals surface area contributed by atoms with Gasteiger partial charge in [0.15, 0.2) is 0 Å². The third-order valence-corrected chi connectivity index (χ3v) is 4.59. The van der Waals surface area contributed by atoms with Crippen molar-refractivity contribution < 1.29 is 14.4 Å². The van der Waals surface area contributed by atoms with Gasteiger partial charge in [-0.15, -0.1) is 0 Å². The zero-order valence-electron chi connectivity index (χ0n) is 14.8. The van der Waals surface area contributed by atoms with Gasteiger partial charge in [-0.25, -0.2) is 9.78 Å². The normalized spacial score (nSPS) is 20.4. The second-order valence-corrected chi connectivity index (χ2v) is 6.65. The number of carbonyl (C=O) groups excluding carboxylic acids is 3. The molecule has 3 rings (SSSR count). The molecule has 140 valence electrons. The summed E-state index contributed by atoms with van der Waals surface area (Å²) in [5.74, 6) is -0.158. The maximum absolute atomic E-state index is 12.8. The van der Waals surface area contributed by atoms with Crippen LogP contribution in [0.1, 0.15) is 24.1 Å². The number of rotatable bonds is 2. The number of hydrogen-bond acceptors (Lipinski definition) is 6. The number of H-pyrrole nitrogens is 1. The monoisotopic (exact) mass is 362 g/mol. The van der Waals surface area contributed by atoms with E-state index in [4.69, 9.17) is 0 Å². The molecule has 1 atom stereocenters. The number of amides is 4. The summed E-state index contributed by atoms with van der Waals surface area (Å²) < 4.78 is 0. The van der Waals surface area contributed by atoms with Crippen molar-refractivity contribution in [3.63, 3.8) is 0 Å². The highest BCUT2D eigenvalue weighted by molar-refractivity contribution is 5.98. The van der Waals surface area contributed by atoms with Gasteiger partial charge in [-0.05, 0) is 12.8 Å². The van der Waals surface area contributed by atoms with E-state index in [-0.39, 0.29) is 24.3 Å². The lowest BCUT2D eigenvalue weighted by atomic mass is 10.1. The summed E-state index contributed by atoms with van der Waals surface area (Å²) in [5, 5.41) is 4.69. The van der Waals surface area contributed by atoms with Crippen molar-refractivity contribution in [3.05, 3.63) is 21.6 Å². The molecule has 4 amide bonds. The van der Waals surface area contributed by atoms with Gasteiger partial charge in [-0.3, -0.25) is 24.7 Å². The predicted octanol–water partition coefficient (Wildman–Crippen LogP) is -1.25. The van der Waals surface area contributed by atoms with Gasteiger partial charge in [0.25, 0.3) is 5.56 Å². The highest BCUT2D eigenvalue weighted by atomic mass is 16.2. The molecule has 1 saturated heterocycles. The number of nitrogens with zero attached hydrogens (tertiary/aromatic N) is 3. The first-order chi connectivity index (χ1) is 12.3. The Morgan fingerprint density at radius 2 is 1.88 bits per heavy atom. The number of anilines is 1. The molecule has 0 radical (unpaired) electrons. The Morgan fingerprint density at radius 1 is 1.15 bits per heavy atom. The molecule has 0 spiro atoms. The number of carbonyl (C=O) groups is 3. The third-order valence-electron chi connectivity index (χ3n) is 4.59. The predicted molar refractivity (Wildman–Crippen MR) is 92.9 cm³/mol. The molecule has 10 heteroatoms. The van der Waals surface area contributed by atoms with Crippen LogP contribution in [0.3, 0.4) is 0 Å². The molecule has 0 unspecified atom stereocenters. The SMILES string of the molecule is CN(C)c1nc2c(c(=O)[nH]1)CCN(C(=O)[C@H]1CCC(=O)NC(=O)N1)CC2. The summed E-state index contributed by atoms with van der Waals surface area (Å²) in [5.41, 5.74) is 1.09. The van der Waals surface area contributed by atoms with Gasteiger partial charge in [-0.1, -0.05) is 0 Å². The average Bonchev–Trinajstić information content (AvgIpc) is 2.90. The molecule has 3 heterocycles. The molecule has 2 aliphatic heterocycles. The van der Waals surface area contributed by atoms with Gasteiger partial charge in [0.1, 0.15) is 6.04 Å². The molecular formula is C16H22N6O4. The minimum Gasteiger partial charge on any atom is -0.348 e. The summed E-state index contributed by atoms with van der Waals surface area (Å²) in [6.45, 7) is 0.772. The quantitative estimate of drug-likeness (QED) is 0.603. The van der Waals surface area contributed by atoms with Crippen LogP contribution in [0.25, 0.3) is 0 Å². The topological polar surface area (TPSA) is 128 Å². The van der Waals surface area contributed by atoms with Gasteiger partial charge in [0.05, 0.1) is 5.69 Å². The first kappa shape index (κ1) is 17.9. The molecule has 0 bridgehead atoms. The summed E-state index contributed by atoms with van der Waals surface area (Å²) >= 11 is 0. The first-order valence-corrected chi connectivity index (χ1v) is 8.53. The van der Waals surface area contributed by atoms with E-state index in [2.05, 4.69) is 20.6 Å². The molecule has 0 aliphatic carbocycles. The lowest BCUT2D eigenvalue weighted by Gasteiger charge is -2.25. The zero-order valence-corrected chi connectivity index (χ0v) is 14.8. The number of fused-ring (bicyclic) bond motifs is 1. The van der Waals surface area contributed by atoms with Crippen LogP contribution < -0.4 is 21.1 Å². The highest BCUT2D eigenvalue weighted by Crippen LogP contribution is 2.15. The number of nitrogens with one attached hydrogen (secondary N) is 3. The van der Waals surface area contributed by atoms with E-state index in [1.165, 1.54) is 0 Å². The van der Waals surface area contributed by atoms with Crippen molar-refractivity contribution in [1.29, 1.82) is 0 Å². The Morgan fingerprint density at radius 3 is 2.62 bits per heavy atom. The largest absolute Gasteiger partial charge is 0.348 e. The second kappa shape index (κ2) is 7.14. The molecule has 1 aromatic heterocycles. The second-order valence-electron chi connectivity index (χ2n) is 6.65. The minimum atomic E-state index is -0.744. The van der Waals surface area contributed by atoms with Gasteiger partial charge >= 0.3 is 6.03 Å². The van der Waals surface area contributed by atoms with Crippen LogP contribution >= 0.6 is 0 Å². The van der Waals surface area contributed by atoms with Crippen LogP contribution in [0.15, 0.2) is 4.79 Å².